The SMILES string of the molecule is NC(=O)CN(C(=O)c1nn[nH]n1)C1CCCC1. The summed E-state index contributed by atoms with van der Waals surface area (Å²) in [4.78, 5) is 24.5. The number of carbonyl (C=O) groups is 2. The van der Waals surface area contributed by atoms with E-state index in [9.17, 15) is 9.59 Å². The Balaban J connectivity index is 2.14. The lowest BCUT2D eigenvalue weighted by atomic mass is 10.2. The first-order chi connectivity index (χ1) is 8.18. The molecular weight excluding hydrogens is 224 g/mol. The first-order valence-corrected chi connectivity index (χ1v) is 5.51. The van der Waals surface area contributed by atoms with E-state index in [2.05, 4.69) is 20.6 Å². The van der Waals surface area contributed by atoms with Crippen molar-refractivity contribution >= 4 is 11.8 Å². The van der Waals surface area contributed by atoms with E-state index in [1.54, 1.807) is 0 Å². The summed E-state index contributed by atoms with van der Waals surface area (Å²) < 4.78 is 0. The summed E-state index contributed by atoms with van der Waals surface area (Å²) in [6.07, 6.45) is 3.88. The van der Waals surface area contributed by atoms with Crippen LogP contribution in [-0.2, 0) is 4.79 Å². The Morgan fingerprint density at radius 3 is 2.65 bits per heavy atom. The maximum absolute atomic E-state index is 12.1. The smallest absolute Gasteiger partial charge is 0.296 e. The Morgan fingerprint density at radius 2 is 2.12 bits per heavy atom. The van der Waals surface area contributed by atoms with Crippen molar-refractivity contribution in [3.05, 3.63) is 5.82 Å². The molecule has 8 nitrogen and oxygen atoms in total. The molecule has 2 rings (SSSR count). The second kappa shape index (κ2) is 4.89. The highest BCUT2D eigenvalue weighted by Crippen LogP contribution is 2.24. The van der Waals surface area contributed by atoms with E-state index in [-0.39, 0.29) is 18.4 Å². The van der Waals surface area contributed by atoms with Gasteiger partial charge in [-0.25, -0.2) is 0 Å². The molecule has 0 bridgehead atoms. The van der Waals surface area contributed by atoms with E-state index >= 15 is 0 Å². The average Bonchev–Trinajstić information content (AvgIpc) is 2.96. The summed E-state index contributed by atoms with van der Waals surface area (Å²) in [5.74, 6) is -0.962. The van der Waals surface area contributed by atoms with Gasteiger partial charge in [0.15, 0.2) is 0 Å². The number of carbonyl (C=O) groups excluding carboxylic acids is 2. The van der Waals surface area contributed by atoms with Crippen LogP contribution in [0, 0.1) is 0 Å². The minimum Gasteiger partial charge on any atom is -0.368 e. The third-order valence-electron chi connectivity index (χ3n) is 2.89. The number of aromatic nitrogens is 4. The van der Waals surface area contributed by atoms with Crippen molar-refractivity contribution in [2.24, 2.45) is 5.73 Å². The first-order valence-electron chi connectivity index (χ1n) is 5.51. The fourth-order valence-electron chi connectivity index (χ4n) is 2.13. The molecule has 17 heavy (non-hydrogen) atoms. The maximum atomic E-state index is 12.1. The van der Waals surface area contributed by atoms with Crippen molar-refractivity contribution in [3.8, 4) is 0 Å². The van der Waals surface area contributed by atoms with Gasteiger partial charge in [0.05, 0.1) is 0 Å². The van der Waals surface area contributed by atoms with Crippen molar-refractivity contribution < 1.29 is 9.59 Å². The third kappa shape index (κ3) is 2.58. The Hall–Kier alpha value is -1.99. The molecule has 1 fully saturated rings. The Morgan fingerprint density at radius 1 is 1.41 bits per heavy atom. The molecule has 1 aliphatic rings. The Labute approximate surface area is 97.5 Å². The monoisotopic (exact) mass is 238 g/mol. The summed E-state index contributed by atoms with van der Waals surface area (Å²) in [6.45, 7) is -0.0992. The molecule has 1 aromatic rings. The second-order valence-electron chi connectivity index (χ2n) is 4.07. The van der Waals surface area contributed by atoms with E-state index in [4.69, 9.17) is 5.73 Å². The van der Waals surface area contributed by atoms with Crippen LogP contribution in [0.3, 0.4) is 0 Å². The molecule has 1 aromatic heterocycles. The number of primary amides is 1. The van der Waals surface area contributed by atoms with Gasteiger partial charge in [0.2, 0.25) is 5.91 Å². The van der Waals surface area contributed by atoms with Crippen molar-refractivity contribution in [1.29, 1.82) is 0 Å². The highest BCUT2D eigenvalue weighted by Gasteiger charge is 2.30. The Bertz CT molecular complexity index is 398. The van der Waals surface area contributed by atoms with Crippen molar-refractivity contribution in [3.63, 3.8) is 0 Å². The molecule has 1 heterocycles. The number of rotatable bonds is 4. The summed E-state index contributed by atoms with van der Waals surface area (Å²) >= 11 is 0. The van der Waals surface area contributed by atoms with Gasteiger partial charge in [-0.2, -0.15) is 5.21 Å². The fourth-order valence-corrected chi connectivity index (χ4v) is 2.13. The lowest BCUT2D eigenvalue weighted by Gasteiger charge is -2.26. The molecule has 8 heteroatoms. The van der Waals surface area contributed by atoms with Gasteiger partial charge < -0.3 is 10.6 Å². The number of tetrazole rings is 1. The number of hydrogen-bond donors (Lipinski definition) is 2. The van der Waals surface area contributed by atoms with Crippen LogP contribution in [0.2, 0.25) is 0 Å². The van der Waals surface area contributed by atoms with E-state index in [1.807, 2.05) is 0 Å². The van der Waals surface area contributed by atoms with Crippen LogP contribution in [-0.4, -0.2) is 49.9 Å². The van der Waals surface area contributed by atoms with Gasteiger partial charge in [0, 0.05) is 6.04 Å². The van der Waals surface area contributed by atoms with Crippen LogP contribution >= 0.6 is 0 Å². The molecular formula is C9H14N6O2. The molecule has 0 spiro atoms. The van der Waals surface area contributed by atoms with E-state index in [0.717, 1.165) is 25.7 Å². The van der Waals surface area contributed by atoms with Gasteiger partial charge >= 0.3 is 0 Å². The second-order valence-corrected chi connectivity index (χ2v) is 4.07. The molecule has 3 N–H and O–H groups in total. The van der Waals surface area contributed by atoms with Gasteiger partial charge in [-0.05, 0) is 18.1 Å². The predicted octanol–water partition coefficient (Wildman–Crippen LogP) is -0.930. The molecule has 0 atom stereocenters. The molecule has 92 valence electrons. The van der Waals surface area contributed by atoms with Gasteiger partial charge in [0.1, 0.15) is 6.54 Å². The first kappa shape index (κ1) is 11.5. The number of nitrogens with zero attached hydrogens (tertiary/aromatic N) is 4. The minimum atomic E-state index is -0.534. The zero-order chi connectivity index (χ0) is 12.3. The van der Waals surface area contributed by atoms with Gasteiger partial charge in [0.25, 0.3) is 11.7 Å². The molecule has 0 aromatic carbocycles. The van der Waals surface area contributed by atoms with E-state index < -0.39 is 11.8 Å². The normalized spacial score (nSPS) is 16.0. The molecule has 1 saturated carbocycles. The van der Waals surface area contributed by atoms with Crippen LogP contribution < -0.4 is 5.73 Å². The quantitative estimate of drug-likeness (QED) is 0.702. The number of amides is 2. The van der Waals surface area contributed by atoms with Crippen LogP contribution in [0.15, 0.2) is 0 Å². The third-order valence-corrected chi connectivity index (χ3v) is 2.89. The minimum absolute atomic E-state index is 0.0295. The molecule has 0 unspecified atom stereocenters. The maximum Gasteiger partial charge on any atom is 0.296 e. The largest absolute Gasteiger partial charge is 0.368 e. The summed E-state index contributed by atoms with van der Waals surface area (Å²) in [6, 6.07) is 0.0495. The number of nitrogens with one attached hydrogen (secondary N) is 1. The zero-order valence-corrected chi connectivity index (χ0v) is 9.30. The van der Waals surface area contributed by atoms with Gasteiger partial charge in [-0.1, -0.05) is 12.8 Å². The lowest BCUT2D eigenvalue weighted by molar-refractivity contribution is -0.119. The highest BCUT2D eigenvalue weighted by atomic mass is 16.2. The van der Waals surface area contributed by atoms with Crippen LogP contribution in [0.25, 0.3) is 0 Å². The number of hydrogen-bond acceptors (Lipinski definition) is 5. The van der Waals surface area contributed by atoms with Crippen molar-refractivity contribution in [1.82, 2.24) is 25.5 Å². The standard InChI is InChI=1S/C9H14N6O2/c10-7(16)5-15(6-3-1-2-4-6)9(17)8-11-13-14-12-8/h6H,1-5H2,(H2,10,16)(H,11,12,13,14). The predicted molar refractivity (Wildman–Crippen MR) is 56.7 cm³/mol. The Kier molecular flexibility index (Phi) is 3.31. The van der Waals surface area contributed by atoms with E-state index in [1.165, 1.54) is 4.90 Å². The van der Waals surface area contributed by atoms with Gasteiger partial charge in [-0.15, -0.1) is 10.2 Å². The lowest BCUT2D eigenvalue weighted by Crippen LogP contribution is -2.44. The van der Waals surface area contributed by atoms with Gasteiger partial charge in [-0.3, -0.25) is 9.59 Å². The van der Waals surface area contributed by atoms with Crippen LogP contribution in [0.1, 0.15) is 36.3 Å². The summed E-state index contributed by atoms with van der Waals surface area (Å²) in [7, 11) is 0. The molecule has 2 amide bonds. The number of nitrogens with two attached hydrogens (primary N) is 1. The zero-order valence-electron chi connectivity index (χ0n) is 9.30. The summed E-state index contributed by atoms with van der Waals surface area (Å²) in [5.41, 5.74) is 5.16. The van der Waals surface area contributed by atoms with Crippen molar-refractivity contribution in [2.75, 3.05) is 6.54 Å². The average molecular weight is 238 g/mol. The van der Waals surface area contributed by atoms with Crippen LogP contribution in [0.4, 0.5) is 0 Å². The van der Waals surface area contributed by atoms with Crippen LogP contribution in [0.5, 0.6) is 0 Å². The fraction of sp³-hybridized carbons (Fsp3) is 0.667. The topological polar surface area (TPSA) is 118 Å². The molecule has 0 radical (unpaired) electrons. The highest BCUT2D eigenvalue weighted by molar-refractivity contribution is 5.93. The number of aromatic amines is 1. The molecule has 0 saturated heterocycles. The molecule has 0 aliphatic heterocycles. The van der Waals surface area contributed by atoms with Crippen molar-refractivity contribution in [2.45, 2.75) is 31.7 Å². The molecule has 1 aliphatic carbocycles. The summed E-state index contributed by atoms with van der Waals surface area (Å²) in [5, 5.41) is 12.8. The number of H-pyrrole nitrogens is 1. The van der Waals surface area contributed by atoms with E-state index in [0.29, 0.717) is 0 Å².